The van der Waals surface area contributed by atoms with Gasteiger partial charge in [-0.1, -0.05) is 44.5 Å². The normalized spacial score (nSPS) is 12.9. The number of rotatable bonds is 9. The highest BCUT2D eigenvalue weighted by molar-refractivity contribution is 7.99. The number of halogens is 1. The molecule has 0 bridgehead atoms. The van der Waals surface area contributed by atoms with E-state index in [4.69, 9.17) is 11.6 Å². The Morgan fingerprint density at radius 2 is 1.89 bits per heavy atom. The summed E-state index contributed by atoms with van der Waals surface area (Å²) in [6, 6.07) is 8.88. The highest BCUT2D eigenvalue weighted by atomic mass is 35.5. The number of nitrogens with one attached hydrogen (secondary N) is 1. The Labute approximate surface area is 127 Å². The van der Waals surface area contributed by atoms with Gasteiger partial charge in [0.05, 0.1) is 0 Å². The Kier molecular flexibility index (Phi) is 8.60. The molecule has 3 heteroatoms. The molecule has 1 N–H and O–H groups in total. The summed E-state index contributed by atoms with van der Waals surface area (Å²) in [5.41, 5.74) is 1.40. The van der Waals surface area contributed by atoms with E-state index in [0.717, 1.165) is 11.6 Å². The largest absolute Gasteiger partial charge is 0.314 e. The lowest BCUT2D eigenvalue weighted by Crippen LogP contribution is -2.28. The van der Waals surface area contributed by atoms with Crippen molar-refractivity contribution in [2.24, 2.45) is 0 Å². The third kappa shape index (κ3) is 7.24. The minimum Gasteiger partial charge on any atom is -0.314 e. The first kappa shape index (κ1) is 16.9. The van der Waals surface area contributed by atoms with Crippen LogP contribution in [0.15, 0.2) is 24.3 Å². The monoisotopic (exact) mass is 299 g/mol. The SMILES string of the molecule is CCSCCCC(CNC(C)C)c1ccc(Cl)cc1. The molecule has 1 aromatic rings. The first-order valence-electron chi connectivity index (χ1n) is 7.20. The van der Waals surface area contributed by atoms with E-state index in [2.05, 4.69) is 38.2 Å². The molecule has 1 aromatic carbocycles. The molecule has 0 aromatic heterocycles. The molecule has 0 amide bonds. The summed E-state index contributed by atoms with van der Waals surface area (Å²) in [4.78, 5) is 0. The Morgan fingerprint density at radius 1 is 1.21 bits per heavy atom. The molecule has 0 saturated carbocycles. The molecule has 0 spiro atoms. The predicted molar refractivity (Wildman–Crippen MR) is 89.6 cm³/mol. The molecule has 19 heavy (non-hydrogen) atoms. The van der Waals surface area contributed by atoms with E-state index >= 15 is 0 Å². The second kappa shape index (κ2) is 9.68. The third-order valence-electron chi connectivity index (χ3n) is 3.16. The van der Waals surface area contributed by atoms with Crippen molar-refractivity contribution in [1.29, 1.82) is 0 Å². The van der Waals surface area contributed by atoms with Crippen LogP contribution in [0, 0.1) is 0 Å². The van der Waals surface area contributed by atoms with E-state index in [9.17, 15) is 0 Å². The minimum absolute atomic E-state index is 0.541. The molecule has 1 atom stereocenters. The van der Waals surface area contributed by atoms with Crippen LogP contribution < -0.4 is 5.32 Å². The fourth-order valence-electron chi connectivity index (χ4n) is 2.08. The van der Waals surface area contributed by atoms with E-state index in [1.165, 1.54) is 29.9 Å². The van der Waals surface area contributed by atoms with Gasteiger partial charge in [-0.3, -0.25) is 0 Å². The van der Waals surface area contributed by atoms with Gasteiger partial charge in [0.15, 0.2) is 0 Å². The van der Waals surface area contributed by atoms with Gasteiger partial charge in [0.2, 0.25) is 0 Å². The molecule has 1 nitrogen and oxygen atoms in total. The van der Waals surface area contributed by atoms with Crippen LogP contribution in [0.5, 0.6) is 0 Å². The minimum atomic E-state index is 0.541. The van der Waals surface area contributed by atoms with Crippen molar-refractivity contribution in [3.63, 3.8) is 0 Å². The summed E-state index contributed by atoms with van der Waals surface area (Å²) in [5.74, 6) is 3.08. The van der Waals surface area contributed by atoms with Gasteiger partial charge < -0.3 is 5.32 Å². The summed E-state index contributed by atoms with van der Waals surface area (Å²) in [6.07, 6.45) is 2.53. The smallest absolute Gasteiger partial charge is 0.0406 e. The fraction of sp³-hybridized carbons (Fsp3) is 0.625. The van der Waals surface area contributed by atoms with Crippen LogP contribution >= 0.6 is 23.4 Å². The highest BCUT2D eigenvalue weighted by Crippen LogP contribution is 2.23. The number of benzene rings is 1. The van der Waals surface area contributed by atoms with Crippen molar-refractivity contribution in [3.8, 4) is 0 Å². The Morgan fingerprint density at radius 3 is 2.47 bits per heavy atom. The quantitative estimate of drug-likeness (QED) is 0.647. The van der Waals surface area contributed by atoms with Crippen molar-refractivity contribution >= 4 is 23.4 Å². The van der Waals surface area contributed by atoms with E-state index in [1.807, 2.05) is 23.9 Å². The second-order valence-corrected chi connectivity index (χ2v) is 6.98. The van der Waals surface area contributed by atoms with Gasteiger partial charge in [-0.15, -0.1) is 0 Å². The molecule has 1 unspecified atom stereocenters. The van der Waals surface area contributed by atoms with E-state index in [-0.39, 0.29) is 0 Å². The van der Waals surface area contributed by atoms with Crippen LogP contribution in [-0.4, -0.2) is 24.1 Å². The third-order valence-corrected chi connectivity index (χ3v) is 4.40. The lowest BCUT2D eigenvalue weighted by molar-refractivity contribution is 0.506. The summed E-state index contributed by atoms with van der Waals surface area (Å²) in [6.45, 7) is 7.68. The molecular formula is C16H26ClNS. The van der Waals surface area contributed by atoms with Crippen LogP contribution in [0.4, 0.5) is 0 Å². The zero-order chi connectivity index (χ0) is 14.1. The van der Waals surface area contributed by atoms with Crippen LogP contribution in [0.2, 0.25) is 5.02 Å². The zero-order valence-corrected chi connectivity index (χ0v) is 13.9. The lowest BCUT2D eigenvalue weighted by atomic mass is 9.94. The zero-order valence-electron chi connectivity index (χ0n) is 12.3. The molecular weight excluding hydrogens is 274 g/mol. The second-order valence-electron chi connectivity index (χ2n) is 5.15. The lowest BCUT2D eigenvalue weighted by Gasteiger charge is -2.20. The van der Waals surface area contributed by atoms with E-state index in [0.29, 0.717) is 12.0 Å². The van der Waals surface area contributed by atoms with Gasteiger partial charge >= 0.3 is 0 Å². The molecule has 1 rings (SSSR count). The fourth-order valence-corrected chi connectivity index (χ4v) is 2.86. The van der Waals surface area contributed by atoms with Crippen LogP contribution in [-0.2, 0) is 0 Å². The number of hydrogen-bond donors (Lipinski definition) is 1. The van der Waals surface area contributed by atoms with E-state index in [1.54, 1.807) is 0 Å². The molecule has 0 aliphatic rings. The topological polar surface area (TPSA) is 12.0 Å². The van der Waals surface area contributed by atoms with Gasteiger partial charge in [-0.25, -0.2) is 0 Å². The van der Waals surface area contributed by atoms with Crippen LogP contribution in [0.25, 0.3) is 0 Å². The van der Waals surface area contributed by atoms with Crippen molar-refractivity contribution in [3.05, 3.63) is 34.9 Å². The molecule has 108 valence electrons. The average Bonchev–Trinajstić information content (AvgIpc) is 2.39. The van der Waals surface area contributed by atoms with Gasteiger partial charge in [-0.05, 0) is 48.0 Å². The highest BCUT2D eigenvalue weighted by Gasteiger charge is 2.11. The van der Waals surface area contributed by atoms with Crippen LogP contribution in [0.3, 0.4) is 0 Å². The predicted octanol–water partition coefficient (Wildman–Crippen LogP) is 4.95. The standard InChI is InChI=1S/C16H26ClNS/c1-4-19-11-5-6-15(12-18-13(2)3)14-7-9-16(17)10-8-14/h7-10,13,15,18H,4-6,11-12H2,1-3H3. The van der Waals surface area contributed by atoms with Crippen LogP contribution in [0.1, 0.15) is 45.1 Å². The van der Waals surface area contributed by atoms with Crippen molar-refractivity contribution in [1.82, 2.24) is 5.32 Å². The molecule has 0 heterocycles. The molecule has 0 radical (unpaired) electrons. The number of thioether (sulfide) groups is 1. The van der Waals surface area contributed by atoms with Crippen molar-refractivity contribution in [2.45, 2.75) is 45.6 Å². The molecule has 0 saturated heterocycles. The summed E-state index contributed by atoms with van der Waals surface area (Å²) >= 11 is 8.00. The maximum atomic E-state index is 5.97. The summed E-state index contributed by atoms with van der Waals surface area (Å²) in [7, 11) is 0. The summed E-state index contributed by atoms with van der Waals surface area (Å²) in [5, 5.41) is 4.38. The first-order chi connectivity index (χ1) is 9.13. The number of hydrogen-bond acceptors (Lipinski definition) is 2. The van der Waals surface area contributed by atoms with Gasteiger partial charge in [-0.2, -0.15) is 11.8 Å². The molecule has 0 aliphatic carbocycles. The Balaban J connectivity index is 2.54. The molecule has 0 fully saturated rings. The molecule has 0 aliphatic heterocycles. The maximum Gasteiger partial charge on any atom is 0.0406 e. The van der Waals surface area contributed by atoms with Gasteiger partial charge in [0.25, 0.3) is 0 Å². The average molecular weight is 300 g/mol. The maximum absolute atomic E-state index is 5.97. The summed E-state index contributed by atoms with van der Waals surface area (Å²) < 4.78 is 0. The van der Waals surface area contributed by atoms with E-state index < -0.39 is 0 Å². The van der Waals surface area contributed by atoms with Gasteiger partial charge in [0, 0.05) is 17.6 Å². The first-order valence-corrected chi connectivity index (χ1v) is 8.73. The Hall–Kier alpha value is -0.180. The van der Waals surface area contributed by atoms with Crippen molar-refractivity contribution < 1.29 is 0 Å². The van der Waals surface area contributed by atoms with Gasteiger partial charge in [0.1, 0.15) is 0 Å². The Bertz CT molecular complexity index is 337. The van der Waals surface area contributed by atoms with Crippen molar-refractivity contribution in [2.75, 3.05) is 18.1 Å².